The zero-order valence-corrected chi connectivity index (χ0v) is 12.9. The minimum Gasteiger partial charge on any atom is -0.126 e. The first-order chi connectivity index (χ1) is 8.37. The molecule has 0 radical (unpaired) electrons. The fourth-order valence-electron chi connectivity index (χ4n) is 1.77. The summed E-state index contributed by atoms with van der Waals surface area (Å²) in [6.45, 7) is 8.95. The lowest BCUT2D eigenvalue weighted by molar-refractivity contribution is 0.390. The Balaban J connectivity index is 2.77. The van der Waals surface area contributed by atoms with Gasteiger partial charge in [-0.15, -0.1) is 23.8 Å². The Morgan fingerprint density at radius 2 is 1.72 bits per heavy atom. The molecule has 1 aromatic rings. The monoisotopic (exact) mass is 254 g/mol. The van der Waals surface area contributed by atoms with Crippen LogP contribution in [0.1, 0.15) is 26.7 Å². The first-order valence-corrected chi connectivity index (χ1v) is 9.36. The molecule has 0 spiro atoms. The Morgan fingerprint density at radius 1 is 1.11 bits per heavy atom. The van der Waals surface area contributed by atoms with Crippen LogP contribution in [0, 0.1) is 29.2 Å². The fourth-order valence-corrected chi connectivity index (χ4v) is 3.47. The SMILES string of the molecule is C#CCC(C)(C)CC#C[Si](C)(C)c1ccccc1. The van der Waals surface area contributed by atoms with E-state index >= 15 is 0 Å². The van der Waals surface area contributed by atoms with E-state index in [2.05, 4.69) is 74.7 Å². The highest BCUT2D eigenvalue weighted by atomic mass is 28.3. The van der Waals surface area contributed by atoms with Gasteiger partial charge in [-0.2, -0.15) is 0 Å². The molecule has 94 valence electrons. The molecular formula is C17H22Si. The van der Waals surface area contributed by atoms with Gasteiger partial charge in [0.2, 0.25) is 0 Å². The van der Waals surface area contributed by atoms with E-state index in [0.717, 1.165) is 12.8 Å². The van der Waals surface area contributed by atoms with Gasteiger partial charge >= 0.3 is 0 Å². The Morgan fingerprint density at radius 3 is 2.28 bits per heavy atom. The van der Waals surface area contributed by atoms with Gasteiger partial charge in [-0.1, -0.05) is 57.3 Å². The van der Waals surface area contributed by atoms with Crippen molar-refractivity contribution in [3.63, 3.8) is 0 Å². The standard InChI is InChI=1S/C17H22Si/c1-6-13-17(2,3)14-10-15-18(4,5)16-11-8-7-9-12-16/h1,7-9,11-12H,13-14H2,2-5H3. The zero-order chi connectivity index (χ0) is 13.6. The molecule has 0 aliphatic rings. The topological polar surface area (TPSA) is 0 Å². The third-order valence-electron chi connectivity index (χ3n) is 3.04. The van der Waals surface area contributed by atoms with Crippen LogP contribution >= 0.6 is 0 Å². The van der Waals surface area contributed by atoms with Crippen molar-refractivity contribution in [2.24, 2.45) is 5.41 Å². The summed E-state index contributed by atoms with van der Waals surface area (Å²) in [4.78, 5) is 0. The molecule has 0 aliphatic heterocycles. The van der Waals surface area contributed by atoms with Crippen molar-refractivity contribution >= 4 is 13.3 Å². The number of terminal acetylenes is 1. The third kappa shape index (κ3) is 4.44. The van der Waals surface area contributed by atoms with Crippen molar-refractivity contribution in [3.8, 4) is 23.8 Å². The Bertz CT molecular complexity index is 478. The summed E-state index contributed by atoms with van der Waals surface area (Å²) in [5.74, 6) is 6.10. The molecule has 0 aliphatic carbocycles. The maximum atomic E-state index is 5.37. The Hall–Kier alpha value is -1.44. The van der Waals surface area contributed by atoms with Crippen LogP contribution in [-0.2, 0) is 0 Å². The second kappa shape index (κ2) is 5.94. The Labute approximate surface area is 113 Å². The summed E-state index contributed by atoms with van der Waals surface area (Å²) in [7, 11) is -1.61. The van der Waals surface area contributed by atoms with E-state index in [-0.39, 0.29) is 5.41 Å². The van der Waals surface area contributed by atoms with Crippen molar-refractivity contribution in [3.05, 3.63) is 30.3 Å². The lowest BCUT2D eigenvalue weighted by Gasteiger charge is -2.19. The van der Waals surface area contributed by atoms with Gasteiger partial charge in [0, 0.05) is 12.8 Å². The van der Waals surface area contributed by atoms with E-state index in [4.69, 9.17) is 6.42 Å². The molecule has 0 saturated heterocycles. The Kier molecular flexibility index (Phi) is 4.82. The highest BCUT2D eigenvalue weighted by molar-refractivity contribution is 6.96. The smallest absolute Gasteiger partial charge is 0.126 e. The van der Waals surface area contributed by atoms with E-state index in [1.165, 1.54) is 5.19 Å². The molecule has 0 bridgehead atoms. The van der Waals surface area contributed by atoms with E-state index in [1.54, 1.807) is 0 Å². The zero-order valence-electron chi connectivity index (χ0n) is 11.9. The highest BCUT2D eigenvalue weighted by Gasteiger charge is 2.21. The summed E-state index contributed by atoms with van der Waals surface area (Å²) < 4.78 is 0. The molecule has 1 heteroatoms. The van der Waals surface area contributed by atoms with Gasteiger partial charge in [0.1, 0.15) is 0 Å². The van der Waals surface area contributed by atoms with Crippen LogP contribution in [0.4, 0.5) is 0 Å². The van der Waals surface area contributed by atoms with Gasteiger partial charge in [-0.05, 0) is 10.6 Å². The number of hydrogen-bond donors (Lipinski definition) is 0. The summed E-state index contributed by atoms with van der Waals surface area (Å²) in [6, 6.07) is 10.6. The second-order valence-electron chi connectivity index (χ2n) is 6.01. The van der Waals surface area contributed by atoms with Gasteiger partial charge in [0.25, 0.3) is 0 Å². The van der Waals surface area contributed by atoms with Crippen molar-refractivity contribution in [1.29, 1.82) is 0 Å². The molecule has 0 heterocycles. The van der Waals surface area contributed by atoms with Crippen molar-refractivity contribution in [2.75, 3.05) is 0 Å². The molecule has 0 saturated carbocycles. The van der Waals surface area contributed by atoms with Crippen LogP contribution in [0.15, 0.2) is 30.3 Å². The van der Waals surface area contributed by atoms with Crippen LogP contribution in [0.25, 0.3) is 0 Å². The van der Waals surface area contributed by atoms with Gasteiger partial charge in [0.15, 0.2) is 8.07 Å². The van der Waals surface area contributed by atoms with Gasteiger partial charge in [-0.3, -0.25) is 0 Å². The average Bonchev–Trinajstić information content (AvgIpc) is 2.29. The van der Waals surface area contributed by atoms with Crippen molar-refractivity contribution in [1.82, 2.24) is 0 Å². The van der Waals surface area contributed by atoms with Gasteiger partial charge < -0.3 is 0 Å². The maximum absolute atomic E-state index is 5.37. The molecule has 0 atom stereocenters. The van der Waals surface area contributed by atoms with Crippen molar-refractivity contribution < 1.29 is 0 Å². The molecule has 18 heavy (non-hydrogen) atoms. The normalized spacial score (nSPS) is 11.3. The molecular weight excluding hydrogens is 232 g/mol. The molecule has 1 aromatic carbocycles. The number of hydrogen-bond acceptors (Lipinski definition) is 0. The van der Waals surface area contributed by atoms with E-state index < -0.39 is 8.07 Å². The maximum Gasteiger partial charge on any atom is 0.162 e. The van der Waals surface area contributed by atoms with E-state index in [1.807, 2.05) is 0 Å². The second-order valence-corrected chi connectivity index (χ2v) is 10.1. The summed E-state index contributed by atoms with van der Waals surface area (Å²) >= 11 is 0. The van der Waals surface area contributed by atoms with Crippen LogP contribution in [0.2, 0.25) is 13.1 Å². The molecule has 1 rings (SSSR count). The summed E-state index contributed by atoms with van der Waals surface area (Å²) in [5.41, 5.74) is 3.64. The molecule has 0 unspecified atom stereocenters. The molecule has 0 nitrogen and oxygen atoms in total. The van der Waals surface area contributed by atoms with Crippen LogP contribution < -0.4 is 5.19 Å². The van der Waals surface area contributed by atoms with Crippen molar-refractivity contribution in [2.45, 2.75) is 39.8 Å². The van der Waals surface area contributed by atoms with Crippen LogP contribution in [0.5, 0.6) is 0 Å². The van der Waals surface area contributed by atoms with Gasteiger partial charge in [-0.25, -0.2) is 0 Å². The number of rotatable bonds is 3. The predicted octanol–water partition coefficient (Wildman–Crippen LogP) is 3.58. The van der Waals surface area contributed by atoms with E-state index in [0.29, 0.717) is 0 Å². The molecule has 0 aromatic heterocycles. The predicted molar refractivity (Wildman–Crippen MR) is 83.2 cm³/mol. The van der Waals surface area contributed by atoms with E-state index in [9.17, 15) is 0 Å². The molecule has 0 fully saturated rings. The third-order valence-corrected chi connectivity index (χ3v) is 5.62. The summed E-state index contributed by atoms with van der Waals surface area (Å²) in [6.07, 6.45) is 7.04. The van der Waals surface area contributed by atoms with Crippen LogP contribution in [0.3, 0.4) is 0 Å². The fraction of sp³-hybridized carbons (Fsp3) is 0.412. The van der Waals surface area contributed by atoms with Crippen LogP contribution in [-0.4, -0.2) is 8.07 Å². The lowest BCUT2D eigenvalue weighted by Crippen LogP contribution is -2.40. The summed E-state index contributed by atoms with van der Waals surface area (Å²) in [5, 5.41) is 1.40. The minimum atomic E-state index is -1.61. The molecule has 0 amide bonds. The lowest BCUT2D eigenvalue weighted by atomic mass is 9.87. The quantitative estimate of drug-likeness (QED) is 0.571. The minimum absolute atomic E-state index is 0.128. The number of benzene rings is 1. The first-order valence-electron chi connectivity index (χ1n) is 6.36. The van der Waals surface area contributed by atoms with Gasteiger partial charge in [0.05, 0.1) is 0 Å². The molecule has 0 N–H and O–H groups in total. The highest BCUT2D eigenvalue weighted by Crippen LogP contribution is 2.23. The first kappa shape index (κ1) is 14.6. The largest absolute Gasteiger partial charge is 0.162 e. The average molecular weight is 254 g/mol.